The number of nitro benzene ring substituents is 1. The van der Waals surface area contributed by atoms with Crippen molar-refractivity contribution in [2.24, 2.45) is 0 Å². The number of methoxy groups -OCH3 is 1. The van der Waals surface area contributed by atoms with Gasteiger partial charge < -0.3 is 15.0 Å². The highest BCUT2D eigenvalue weighted by Crippen LogP contribution is 2.28. The van der Waals surface area contributed by atoms with Gasteiger partial charge in [-0.25, -0.2) is 0 Å². The van der Waals surface area contributed by atoms with Crippen LogP contribution in [0.2, 0.25) is 0 Å². The van der Waals surface area contributed by atoms with Gasteiger partial charge in [0.15, 0.2) is 0 Å². The van der Waals surface area contributed by atoms with Crippen molar-refractivity contribution in [3.8, 4) is 5.75 Å². The molecule has 126 valence electrons. The van der Waals surface area contributed by atoms with Gasteiger partial charge in [0.05, 0.1) is 17.7 Å². The zero-order valence-corrected chi connectivity index (χ0v) is 13.4. The Bertz CT molecular complexity index is 554. The third kappa shape index (κ3) is 5.21. The van der Waals surface area contributed by atoms with Crippen molar-refractivity contribution in [2.45, 2.75) is 32.1 Å². The normalized spacial score (nSPS) is 15.7. The molecule has 1 heterocycles. The molecule has 0 unspecified atom stereocenters. The quantitative estimate of drug-likeness (QED) is 0.643. The molecule has 0 radical (unpaired) electrons. The molecule has 2 rings (SSSR count). The van der Waals surface area contributed by atoms with Gasteiger partial charge in [-0.2, -0.15) is 0 Å². The highest BCUT2D eigenvalue weighted by Gasteiger charge is 2.15. The zero-order chi connectivity index (χ0) is 16.7. The average Bonchev–Trinajstić information content (AvgIpc) is 2.81. The molecule has 23 heavy (non-hydrogen) atoms. The molecule has 0 atom stereocenters. The molecule has 1 aliphatic rings. The van der Waals surface area contributed by atoms with E-state index < -0.39 is 4.92 Å². The Kier molecular flexibility index (Phi) is 6.34. The maximum absolute atomic E-state index is 12.1. The summed E-state index contributed by atoms with van der Waals surface area (Å²) in [7, 11) is 1.47. The lowest BCUT2D eigenvalue weighted by Crippen LogP contribution is -2.28. The van der Waals surface area contributed by atoms with Crippen molar-refractivity contribution in [1.82, 2.24) is 4.90 Å². The van der Waals surface area contributed by atoms with Crippen molar-refractivity contribution in [2.75, 3.05) is 32.1 Å². The molecule has 1 N–H and O–H groups in total. The van der Waals surface area contributed by atoms with Crippen LogP contribution in [-0.2, 0) is 4.79 Å². The van der Waals surface area contributed by atoms with Gasteiger partial charge in [0.25, 0.3) is 5.69 Å². The topological polar surface area (TPSA) is 84.7 Å². The Morgan fingerprint density at radius 2 is 2.00 bits per heavy atom. The monoisotopic (exact) mass is 321 g/mol. The van der Waals surface area contributed by atoms with Gasteiger partial charge in [-0.15, -0.1) is 0 Å². The van der Waals surface area contributed by atoms with E-state index in [1.165, 1.54) is 51.0 Å². The smallest absolute Gasteiger partial charge is 0.271 e. The molecule has 7 heteroatoms. The number of benzene rings is 1. The molecule has 0 aromatic heterocycles. The minimum Gasteiger partial charge on any atom is -0.495 e. The summed E-state index contributed by atoms with van der Waals surface area (Å²) in [5.74, 6) is 0.256. The predicted octanol–water partition coefficient (Wildman–Crippen LogP) is 2.81. The summed E-state index contributed by atoms with van der Waals surface area (Å²) in [4.78, 5) is 24.8. The molecule has 1 aromatic carbocycles. The standard InChI is InChI=1S/C16H23N3O4/c1-23-15-7-6-13(19(21)22)12-14(15)17-16(20)8-11-18-9-4-2-3-5-10-18/h6-7,12H,2-5,8-11H2,1H3,(H,17,20). The van der Waals surface area contributed by atoms with Crippen LogP contribution in [0.1, 0.15) is 32.1 Å². The van der Waals surface area contributed by atoms with Crippen molar-refractivity contribution in [3.05, 3.63) is 28.3 Å². The highest BCUT2D eigenvalue weighted by molar-refractivity contribution is 5.92. The van der Waals surface area contributed by atoms with E-state index in [4.69, 9.17) is 4.74 Å². The fraction of sp³-hybridized carbons (Fsp3) is 0.562. The zero-order valence-electron chi connectivity index (χ0n) is 13.4. The van der Waals surface area contributed by atoms with Crippen LogP contribution in [0.25, 0.3) is 0 Å². The summed E-state index contributed by atoms with van der Waals surface area (Å²) in [6, 6.07) is 4.16. The number of nitro groups is 1. The minimum atomic E-state index is -0.494. The molecular weight excluding hydrogens is 298 g/mol. The third-order valence-corrected chi connectivity index (χ3v) is 4.02. The van der Waals surface area contributed by atoms with Crippen molar-refractivity contribution in [1.29, 1.82) is 0 Å². The van der Waals surface area contributed by atoms with E-state index >= 15 is 0 Å². The Labute approximate surface area is 135 Å². The van der Waals surface area contributed by atoms with E-state index in [-0.39, 0.29) is 11.6 Å². The molecule has 0 saturated carbocycles. The van der Waals surface area contributed by atoms with Gasteiger partial charge in [-0.05, 0) is 32.0 Å². The van der Waals surface area contributed by atoms with Crippen molar-refractivity contribution >= 4 is 17.3 Å². The number of nitrogens with one attached hydrogen (secondary N) is 1. The van der Waals surface area contributed by atoms with E-state index in [2.05, 4.69) is 10.2 Å². The second kappa shape index (κ2) is 8.47. The van der Waals surface area contributed by atoms with Crippen LogP contribution < -0.4 is 10.1 Å². The van der Waals surface area contributed by atoms with E-state index in [9.17, 15) is 14.9 Å². The Balaban J connectivity index is 1.93. The number of hydrogen-bond donors (Lipinski definition) is 1. The van der Waals surface area contributed by atoms with Crippen LogP contribution in [0.5, 0.6) is 5.75 Å². The van der Waals surface area contributed by atoms with Crippen LogP contribution in [0.15, 0.2) is 18.2 Å². The molecular formula is C16H23N3O4. The number of carbonyl (C=O) groups is 1. The largest absolute Gasteiger partial charge is 0.495 e. The first-order valence-electron chi connectivity index (χ1n) is 7.95. The number of non-ortho nitro benzene ring substituents is 1. The number of likely N-dealkylation sites (tertiary alicyclic amines) is 1. The third-order valence-electron chi connectivity index (χ3n) is 4.02. The summed E-state index contributed by atoms with van der Waals surface area (Å²) in [5, 5.41) is 13.6. The number of rotatable bonds is 6. The molecule has 7 nitrogen and oxygen atoms in total. The molecule has 1 aliphatic heterocycles. The maximum atomic E-state index is 12.1. The number of carbonyl (C=O) groups excluding carboxylic acids is 1. The van der Waals surface area contributed by atoms with Crippen molar-refractivity contribution in [3.63, 3.8) is 0 Å². The van der Waals surface area contributed by atoms with E-state index in [0.29, 0.717) is 24.4 Å². The fourth-order valence-corrected chi connectivity index (χ4v) is 2.74. The lowest BCUT2D eigenvalue weighted by Gasteiger charge is -2.19. The molecule has 0 bridgehead atoms. The van der Waals surface area contributed by atoms with Gasteiger partial charge in [-0.1, -0.05) is 12.8 Å². The molecule has 1 saturated heterocycles. The second-order valence-corrected chi connectivity index (χ2v) is 5.70. The van der Waals surface area contributed by atoms with Gasteiger partial charge in [0.1, 0.15) is 5.75 Å². The second-order valence-electron chi connectivity index (χ2n) is 5.70. The summed E-state index contributed by atoms with van der Waals surface area (Å²) >= 11 is 0. The first-order valence-corrected chi connectivity index (χ1v) is 7.95. The number of anilines is 1. The SMILES string of the molecule is COc1ccc([N+](=O)[O-])cc1NC(=O)CCN1CCCCCC1. The van der Waals surface area contributed by atoms with Crippen LogP contribution in [0.4, 0.5) is 11.4 Å². The molecule has 0 spiro atoms. The number of hydrogen-bond acceptors (Lipinski definition) is 5. The van der Waals surface area contributed by atoms with Gasteiger partial charge in [0, 0.05) is 25.1 Å². The van der Waals surface area contributed by atoms with Gasteiger partial charge in [0.2, 0.25) is 5.91 Å². The Morgan fingerprint density at radius 3 is 2.61 bits per heavy atom. The average molecular weight is 321 g/mol. The van der Waals surface area contributed by atoms with Crippen LogP contribution >= 0.6 is 0 Å². The maximum Gasteiger partial charge on any atom is 0.271 e. The summed E-state index contributed by atoms with van der Waals surface area (Å²) in [6.07, 6.45) is 5.24. The van der Waals surface area contributed by atoms with Gasteiger partial charge >= 0.3 is 0 Å². The van der Waals surface area contributed by atoms with Crippen LogP contribution in [0.3, 0.4) is 0 Å². The van der Waals surface area contributed by atoms with Crippen molar-refractivity contribution < 1.29 is 14.5 Å². The number of nitrogens with zero attached hydrogens (tertiary/aromatic N) is 2. The fourth-order valence-electron chi connectivity index (χ4n) is 2.74. The minimum absolute atomic E-state index is 0.0754. The van der Waals surface area contributed by atoms with E-state index in [0.717, 1.165) is 13.1 Å². The van der Waals surface area contributed by atoms with E-state index in [1.807, 2.05) is 0 Å². The lowest BCUT2D eigenvalue weighted by atomic mass is 10.2. The Hall–Kier alpha value is -2.15. The highest BCUT2D eigenvalue weighted by atomic mass is 16.6. The summed E-state index contributed by atoms with van der Waals surface area (Å²) < 4.78 is 5.14. The summed E-state index contributed by atoms with van der Waals surface area (Å²) in [5.41, 5.74) is 0.260. The van der Waals surface area contributed by atoms with Crippen LogP contribution in [-0.4, -0.2) is 42.5 Å². The molecule has 0 aliphatic carbocycles. The first kappa shape index (κ1) is 17.2. The number of amides is 1. The molecule has 1 fully saturated rings. The van der Waals surface area contributed by atoms with Crippen LogP contribution in [0, 0.1) is 10.1 Å². The first-order chi connectivity index (χ1) is 11.1. The Morgan fingerprint density at radius 1 is 1.30 bits per heavy atom. The number of ether oxygens (including phenoxy) is 1. The van der Waals surface area contributed by atoms with E-state index in [1.54, 1.807) is 0 Å². The predicted molar refractivity (Wildman–Crippen MR) is 87.8 cm³/mol. The van der Waals surface area contributed by atoms with Gasteiger partial charge in [-0.3, -0.25) is 14.9 Å². The summed E-state index contributed by atoms with van der Waals surface area (Å²) in [6.45, 7) is 2.78. The molecule has 1 aromatic rings. The lowest BCUT2D eigenvalue weighted by molar-refractivity contribution is -0.384. The molecule has 1 amide bonds.